The van der Waals surface area contributed by atoms with Gasteiger partial charge in [-0.15, -0.1) is 0 Å². The number of rotatable bonds is 3. The molecule has 1 aromatic heterocycles. The Balaban J connectivity index is 0.000000370. The molecular weight excluding hydrogens is 413 g/mol. The molecule has 0 aliphatic carbocycles. The lowest BCUT2D eigenvalue weighted by Gasteiger charge is -2.26. The molecule has 0 spiro atoms. The van der Waals surface area contributed by atoms with E-state index in [2.05, 4.69) is 5.32 Å². The third kappa shape index (κ3) is 6.41. The molecule has 6 nitrogen and oxygen atoms in total. The summed E-state index contributed by atoms with van der Waals surface area (Å²) in [5.74, 6) is -1.09. The highest BCUT2D eigenvalue weighted by Gasteiger charge is 2.38. The normalized spacial score (nSPS) is 14.5. The second-order valence-corrected chi connectivity index (χ2v) is 6.68. The minimum absolute atomic E-state index is 0.185. The molecule has 29 heavy (non-hydrogen) atoms. The highest BCUT2D eigenvalue weighted by molar-refractivity contribution is 6.31. The van der Waals surface area contributed by atoms with Gasteiger partial charge in [-0.2, -0.15) is 18.4 Å². The van der Waals surface area contributed by atoms with Crippen molar-refractivity contribution in [2.45, 2.75) is 32.0 Å². The molecule has 156 valence electrons. The molecule has 2 heterocycles. The Morgan fingerprint density at radius 2 is 1.97 bits per heavy atom. The van der Waals surface area contributed by atoms with Crippen molar-refractivity contribution in [1.29, 1.82) is 5.26 Å². The van der Waals surface area contributed by atoms with Crippen molar-refractivity contribution in [3.05, 3.63) is 40.6 Å². The van der Waals surface area contributed by atoms with Gasteiger partial charge in [0.2, 0.25) is 5.76 Å². The van der Waals surface area contributed by atoms with E-state index in [1.54, 1.807) is 12.1 Å². The summed E-state index contributed by atoms with van der Waals surface area (Å²) in [5, 5.41) is 20.0. The Morgan fingerprint density at radius 1 is 1.34 bits per heavy atom. The van der Waals surface area contributed by atoms with E-state index in [0.29, 0.717) is 10.8 Å². The molecule has 1 fully saturated rings. The minimum Gasteiger partial charge on any atom is -0.489 e. The van der Waals surface area contributed by atoms with Gasteiger partial charge in [-0.05, 0) is 62.7 Å². The van der Waals surface area contributed by atoms with Gasteiger partial charge < -0.3 is 19.6 Å². The Hall–Kier alpha value is -2.70. The van der Waals surface area contributed by atoms with Gasteiger partial charge in [0.15, 0.2) is 0 Å². The fraction of sp³-hybridized carbons (Fsp3) is 0.368. The molecule has 0 radical (unpaired) electrons. The number of alkyl halides is 3. The van der Waals surface area contributed by atoms with Gasteiger partial charge in [-0.1, -0.05) is 11.6 Å². The summed E-state index contributed by atoms with van der Waals surface area (Å²) in [6, 6.07) is 9.14. The number of carboxylic acids is 1. The molecule has 0 amide bonds. The van der Waals surface area contributed by atoms with E-state index in [-0.39, 0.29) is 11.9 Å². The average Bonchev–Trinajstić information content (AvgIpc) is 3.13. The van der Waals surface area contributed by atoms with Crippen LogP contribution < -0.4 is 10.1 Å². The summed E-state index contributed by atoms with van der Waals surface area (Å²) in [6.07, 6.45) is -2.95. The second-order valence-electron chi connectivity index (χ2n) is 6.25. The van der Waals surface area contributed by atoms with E-state index in [1.807, 2.05) is 25.1 Å². The molecule has 0 atom stereocenters. The van der Waals surface area contributed by atoms with Crippen molar-refractivity contribution in [1.82, 2.24) is 5.32 Å². The predicted octanol–water partition coefficient (Wildman–Crippen LogP) is 4.54. The fourth-order valence-corrected chi connectivity index (χ4v) is 2.96. The largest absolute Gasteiger partial charge is 0.490 e. The van der Waals surface area contributed by atoms with Gasteiger partial charge in [0.05, 0.1) is 5.56 Å². The summed E-state index contributed by atoms with van der Waals surface area (Å²) in [4.78, 5) is 8.90. The molecule has 1 aliphatic rings. The van der Waals surface area contributed by atoms with Crippen LogP contribution in [0.2, 0.25) is 5.02 Å². The zero-order valence-corrected chi connectivity index (χ0v) is 16.1. The van der Waals surface area contributed by atoms with Crippen LogP contribution in [0.4, 0.5) is 13.2 Å². The third-order valence-electron chi connectivity index (χ3n) is 4.03. The van der Waals surface area contributed by atoms with Gasteiger partial charge in [0.1, 0.15) is 23.7 Å². The summed E-state index contributed by atoms with van der Waals surface area (Å²) in [7, 11) is 0. The fourth-order valence-electron chi connectivity index (χ4n) is 2.69. The minimum atomic E-state index is -5.08. The Morgan fingerprint density at radius 3 is 2.48 bits per heavy atom. The van der Waals surface area contributed by atoms with Crippen molar-refractivity contribution in [3.63, 3.8) is 0 Å². The van der Waals surface area contributed by atoms with Crippen LogP contribution in [0.25, 0.3) is 11.3 Å². The van der Waals surface area contributed by atoms with Crippen molar-refractivity contribution < 1.29 is 32.2 Å². The summed E-state index contributed by atoms with van der Waals surface area (Å²) >= 11 is 6.18. The highest BCUT2D eigenvalue weighted by Crippen LogP contribution is 2.38. The second kappa shape index (κ2) is 9.67. The molecule has 2 aromatic rings. The van der Waals surface area contributed by atoms with Crippen LogP contribution in [-0.2, 0) is 4.79 Å². The molecule has 1 saturated heterocycles. The number of carbonyl (C=O) groups is 1. The van der Waals surface area contributed by atoms with Crippen molar-refractivity contribution in [2.24, 2.45) is 0 Å². The SMILES string of the molecule is Cc1cc(Cl)cc(-c2ccc(C#N)o2)c1OC1CCNCC1.O=C(O)C(F)(F)F. The molecular formula is C19H18ClF3N2O4. The number of ether oxygens (including phenoxy) is 1. The van der Waals surface area contributed by atoms with Crippen molar-refractivity contribution >= 4 is 17.6 Å². The number of nitrogens with one attached hydrogen (secondary N) is 1. The molecule has 1 aromatic carbocycles. The maximum Gasteiger partial charge on any atom is 0.490 e. The Kier molecular flexibility index (Phi) is 7.53. The number of hydrogen-bond acceptors (Lipinski definition) is 5. The topological polar surface area (TPSA) is 95.5 Å². The number of hydrogen-bond donors (Lipinski definition) is 2. The number of aliphatic carboxylic acids is 1. The van der Waals surface area contributed by atoms with Crippen LogP contribution in [0.1, 0.15) is 24.2 Å². The number of nitriles is 1. The zero-order chi connectivity index (χ0) is 21.6. The Bertz CT molecular complexity index is 900. The first kappa shape index (κ1) is 22.6. The quantitative estimate of drug-likeness (QED) is 0.742. The molecule has 2 N–H and O–H groups in total. The maximum absolute atomic E-state index is 10.6. The smallest absolute Gasteiger partial charge is 0.489 e. The number of carboxylic acid groups (broad SMARTS) is 1. The number of aryl methyl sites for hydroxylation is 1. The van der Waals surface area contributed by atoms with E-state index < -0.39 is 12.1 Å². The average molecular weight is 431 g/mol. The first-order valence-corrected chi connectivity index (χ1v) is 8.97. The van der Waals surface area contributed by atoms with Gasteiger partial charge >= 0.3 is 12.1 Å². The van der Waals surface area contributed by atoms with E-state index in [0.717, 1.165) is 42.8 Å². The molecule has 0 saturated carbocycles. The number of piperidine rings is 1. The molecule has 3 rings (SSSR count). The van der Waals surface area contributed by atoms with Gasteiger partial charge in [-0.3, -0.25) is 0 Å². The maximum atomic E-state index is 10.6. The van der Waals surface area contributed by atoms with Gasteiger partial charge in [-0.25, -0.2) is 4.79 Å². The van der Waals surface area contributed by atoms with Crippen LogP contribution in [0.3, 0.4) is 0 Å². The van der Waals surface area contributed by atoms with Crippen molar-refractivity contribution in [2.75, 3.05) is 13.1 Å². The van der Waals surface area contributed by atoms with E-state index >= 15 is 0 Å². The number of nitrogens with zero attached hydrogens (tertiary/aromatic N) is 1. The molecule has 0 bridgehead atoms. The van der Waals surface area contributed by atoms with Crippen molar-refractivity contribution in [3.8, 4) is 23.1 Å². The van der Waals surface area contributed by atoms with Crippen LogP contribution >= 0.6 is 11.6 Å². The summed E-state index contributed by atoms with van der Waals surface area (Å²) in [6.45, 7) is 3.90. The molecule has 0 unspecified atom stereocenters. The van der Waals surface area contributed by atoms with Gasteiger partial charge in [0, 0.05) is 5.02 Å². The summed E-state index contributed by atoms with van der Waals surface area (Å²) < 4.78 is 43.5. The van der Waals surface area contributed by atoms with E-state index in [1.165, 1.54) is 0 Å². The first-order valence-electron chi connectivity index (χ1n) is 8.59. The van der Waals surface area contributed by atoms with E-state index in [4.69, 9.17) is 35.9 Å². The lowest BCUT2D eigenvalue weighted by Crippen LogP contribution is -2.34. The highest BCUT2D eigenvalue weighted by atomic mass is 35.5. The monoisotopic (exact) mass is 430 g/mol. The zero-order valence-electron chi connectivity index (χ0n) is 15.3. The number of benzene rings is 1. The third-order valence-corrected chi connectivity index (χ3v) is 4.25. The summed E-state index contributed by atoms with van der Waals surface area (Å²) in [5.41, 5.74) is 1.76. The van der Waals surface area contributed by atoms with Crippen LogP contribution in [0, 0.1) is 18.3 Å². The lowest BCUT2D eigenvalue weighted by molar-refractivity contribution is -0.192. The predicted molar refractivity (Wildman–Crippen MR) is 98.8 cm³/mol. The van der Waals surface area contributed by atoms with Crippen LogP contribution in [0.5, 0.6) is 5.75 Å². The number of halogens is 4. The lowest BCUT2D eigenvalue weighted by atomic mass is 10.1. The number of furan rings is 1. The van der Waals surface area contributed by atoms with Gasteiger partial charge in [0.25, 0.3) is 0 Å². The standard InChI is InChI=1S/C17H17ClN2O2.C2HF3O2/c1-11-8-12(18)9-15(16-3-2-14(10-19)21-16)17(11)22-13-4-6-20-7-5-13;3-2(4,5)1(6)7/h2-3,8-9,13,20H,4-7H2,1H3;(H,6,7). The molecule has 1 aliphatic heterocycles. The molecule has 10 heteroatoms. The Labute approximate surface area is 169 Å². The van der Waals surface area contributed by atoms with Crippen LogP contribution in [-0.4, -0.2) is 36.4 Å². The first-order chi connectivity index (χ1) is 13.6. The van der Waals surface area contributed by atoms with Crippen LogP contribution in [0.15, 0.2) is 28.7 Å². The van der Waals surface area contributed by atoms with E-state index in [9.17, 15) is 13.2 Å².